The zero-order valence-corrected chi connectivity index (χ0v) is 32.6. The van der Waals surface area contributed by atoms with Gasteiger partial charge < -0.3 is 19.6 Å². The smallest absolute Gasteiger partial charge is 0.193 e. The highest BCUT2D eigenvalue weighted by atomic mass is 16.5. The molecule has 0 radical (unpaired) electrons. The molecule has 0 aliphatic rings. The molecule has 0 fully saturated rings. The molecule has 5 nitrogen and oxygen atoms in total. The van der Waals surface area contributed by atoms with Crippen LogP contribution in [0.15, 0.2) is 206 Å². The predicted molar refractivity (Wildman–Crippen MR) is 238 cm³/mol. The van der Waals surface area contributed by atoms with Gasteiger partial charge in [0.15, 0.2) is 5.78 Å². The number of benzene rings is 8. The summed E-state index contributed by atoms with van der Waals surface area (Å²) in [6.07, 6.45) is 1.06. The van der Waals surface area contributed by atoms with Crippen LogP contribution in [0.4, 0.5) is 34.1 Å². The number of anilines is 6. The van der Waals surface area contributed by atoms with Crippen LogP contribution in [-0.4, -0.2) is 10.9 Å². The number of carbonyl (C=O) groups excluding carboxylic acids is 1. The lowest BCUT2D eigenvalue weighted by atomic mass is 9.95. The predicted octanol–water partition coefficient (Wildman–Crippen LogP) is 14.5. The molecule has 0 amide bonds. The molecule has 0 saturated heterocycles. The fraction of sp³-hybridized carbons (Fsp3) is 0.0755. The Hall–Kier alpha value is -7.37. The van der Waals surface area contributed by atoms with Gasteiger partial charge in [-0.3, -0.25) is 4.79 Å². The fourth-order valence-electron chi connectivity index (χ4n) is 7.10. The van der Waals surface area contributed by atoms with E-state index in [1.165, 1.54) is 5.56 Å². The first-order valence-corrected chi connectivity index (χ1v) is 19.7. The molecule has 1 N–H and O–H groups in total. The second-order valence-electron chi connectivity index (χ2n) is 14.3. The van der Waals surface area contributed by atoms with Gasteiger partial charge in [-0.1, -0.05) is 98.8 Å². The summed E-state index contributed by atoms with van der Waals surface area (Å²) < 4.78 is 6.21. The molecule has 0 bridgehead atoms. The van der Waals surface area contributed by atoms with Crippen molar-refractivity contribution in [3.05, 3.63) is 223 Å². The number of hydrogen-bond donors (Lipinski definition) is 1. The van der Waals surface area contributed by atoms with Gasteiger partial charge in [0.05, 0.1) is 0 Å². The summed E-state index contributed by atoms with van der Waals surface area (Å²) in [5, 5.41) is 10.1. The highest BCUT2D eigenvalue weighted by Gasteiger charge is 2.16. The van der Waals surface area contributed by atoms with Crippen molar-refractivity contribution < 1.29 is 14.6 Å². The Kier molecular flexibility index (Phi) is 11.1. The Morgan fingerprint density at radius 1 is 0.466 bits per heavy atom. The molecular weight excluding hydrogens is 713 g/mol. The second kappa shape index (κ2) is 17.2. The van der Waals surface area contributed by atoms with Crippen LogP contribution in [0.5, 0.6) is 17.2 Å². The van der Waals surface area contributed by atoms with Crippen molar-refractivity contribution in [3.8, 4) is 28.4 Å². The van der Waals surface area contributed by atoms with Crippen molar-refractivity contribution in [2.75, 3.05) is 9.80 Å². The lowest BCUT2D eigenvalue weighted by Crippen LogP contribution is -2.10. The number of ether oxygens (including phenoxy) is 1. The maximum absolute atomic E-state index is 13.2. The molecule has 0 spiro atoms. The number of aromatic hydroxyl groups is 1. The lowest BCUT2D eigenvalue weighted by Gasteiger charge is -2.26. The van der Waals surface area contributed by atoms with E-state index in [4.69, 9.17) is 4.74 Å². The van der Waals surface area contributed by atoms with E-state index in [1.807, 2.05) is 97.1 Å². The average Bonchev–Trinajstić information content (AvgIpc) is 3.29. The molecule has 0 heterocycles. The molecular formula is C53H44N2O3. The maximum Gasteiger partial charge on any atom is 0.193 e. The molecule has 8 aromatic carbocycles. The molecule has 0 aliphatic carbocycles. The van der Waals surface area contributed by atoms with Gasteiger partial charge in [0.25, 0.3) is 0 Å². The summed E-state index contributed by atoms with van der Waals surface area (Å²) in [6, 6.07) is 68.3. The van der Waals surface area contributed by atoms with Gasteiger partial charge in [0.1, 0.15) is 17.2 Å². The first-order chi connectivity index (χ1) is 28.4. The number of rotatable bonds is 13. The Labute approximate surface area is 340 Å². The van der Waals surface area contributed by atoms with Crippen molar-refractivity contribution in [2.45, 2.75) is 26.2 Å². The van der Waals surface area contributed by atoms with Crippen LogP contribution in [-0.2, 0) is 0 Å². The lowest BCUT2D eigenvalue weighted by molar-refractivity contribution is 0.103. The monoisotopic (exact) mass is 756 g/mol. The quantitative estimate of drug-likeness (QED) is 0.119. The highest BCUT2D eigenvalue weighted by molar-refractivity contribution is 6.09. The zero-order valence-electron chi connectivity index (χ0n) is 32.6. The topological polar surface area (TPSA) is 53.0 Å². The summed E-state index contributed by atoms with van der Waals surface area (Å²) in [7, 11) is 0. The van der Waals surface area contributed by atoms with E-state index >= 15 is 0 Å². The van der Waals surface area contributed by atoms with Crippen molar-refractivity contribution in [2.24, 2.45) is 0 Å². The first-order valence-electron chi connectivity index (χ1n) is 19.7. The Bertz CT molecular complexity index is 2520. The van der Waals surface area contributed by atoms with Crippen LogP contribution in [0.1, 0.15) is 47.7 Å². The van der Waals surface area contributed by atoms with Crippen LogP contribution < -0.4 is 14.5 Å². The molecule has 1 unspecified atom stereocenters. The molecule has 284 valence electrons. The minimum absolute atomic E-state index is 0.0131. The summed E-state index contributed by atoms with van der Waals surface area (Å²) in [4.78, 5) is 17.6. The number of phenolic OH excluding ortho intramolecular Hbond substituents is 1. The molecule has 0 saturated carbocycles. The normalized spacial score (nSPS) is 11.4. The molecule has 0 aliphatic heterocycles. The number of nitrogens with zero attached hydrogens (tertiary/aromatic N) is 2. The average molecular weight is 757 g/mol. The molecule has 5 heteroatoms. The minimum atomic E-state index is -0.0131. The van der Waals surface area contributed by atoms with Gasteiger partial charge in [-0.2, -0.15) is 0 Å². The van der Waals surface area contributed by atoms with E-state index in [0.717, 1.165) is 51.7 Å². The van der Waals surface area contributed by atoms with Crippen molar-refractivity contribution in [3.63, 3.8) is 0 Å². The summed E-state index contributed by atoms with van der Waals surface area (Å²) in [5.74, 6) is 1.97. The number of ketones is 1. The van der Waals surface area contributed by atoms with Gasteiger partial charge in [-0.05, 0) is 150 Å². The third-order valence-electron chi connectivity index (χ3n) is 10.5. The van der Waals surface area contributed by atoms with Crippen molar-refractivity contribution in [1.29, 1.82) is 0 Å². The van der Waals surface area contributed by atoms with E-state index in [2.05, 4.69) is 121 Å². The Morgan fingerprint density at radius 3 is 1.22 bits per heavy atom. The Balaban J connectivity index is 0.992. The summed E-state index contributed by atoms with van der Waals surface area (Å²) >= 11 is 0. The van der Waals surface area contributed by atoms with E-state index in [9.17, 15) is 9.90 Å². The van der Waals surface area contributed by atoms with Gasteiger partial charge in [0, 0.05) is 45.3 Å². The first kappa shape index (κ1) is 37.5. The van der Waals surface area contributed by atoms with Crippen LogP contribution in [0.2, 0.25) is 0 Å². The number of phenols is 1. The van der Waals surface area contributed by atoms with E-state index in [1.54, 1.807) is 12.1 Å². The SMILES string of the molecule is CCC(C)c1ccc(C(=O)c2ccc(Oc3ccc(N(c4ccc(O)cc4)c4ccc(-c5ccc(N(c6ccccc6)c6ccccc6)cc5)cc4)cc3)cc2)cc1. The van der Waals surface area contributed by atoms with E-state index in [0.29, 0.717) is 28.5 Å². The number of carbonyl (C=O) groups is 1. The highest BCUT2D eigenvalue weighted by Crippen LogP contribution is 2.39. The minimum Gasteiger partial charge on any atom is -0.508 e. The maximum atomic E-state index is 13.2. The summed E-state index contributed by atoms with van der Waals surface area (Å²) in [5.41, 5.74) is 10.8. The largest absolute Gasteiger partial charge is 0.508 e. The Morgan fingerprint density at radius 2 is 0.810 bits per heavy atom. The third-order valence-corrected chi connectivity index (χ3v) is 10.5. The van der Waals surface area contributed by atoms with Crippen LogP contribution in [0.25, 0.3) is 11.1 Å². The standard InChI is InChI=1S/C53H44N2O3/c1-3-38(2)39-14-16-42(17-15-39)53(57)43-22-34-51(35-23-43)58-52-36-30-49(31-37-52)55(48-28-32-50(56)33-29-48)47-26-20-41(21-27-47)40-18-24-46(25-19-40)54(44-10-6-4-7-11-44)45-12-8-5-9-13-45/h4-38,56H,3H2,1-2H3. The zero-order chi connectivity index (χ0) is 39.8. The van der Waals surface area contributed by atoms with Crippen LogP contribution in [0, 0.1) is 0 Å². The number of para-hydroxylation sites is 2. The van der Waals surface area contributed by atoms with Crippen molar-refractivity contribution in [1.82, 2.24) is 0 Å². The van der Waals surface area contributed by atoms with E-state index < -0.39 is 0 Å². The molecule has 8 rings (SSSR count). The molecule has 8 aromatic rings. The molecule has 1 atom stereocenters. The number of hydrogen-bond acceptors (Lipinski definition) is 5. The van der Waals surface area contributed by atoms with Crippen LogP contribution >= 0.6 is 0 Å². The molecule has 58 heavy (non-hydrogen) atoms. The summed E-state index contributed by atoms with van der Waals surface area (Å²) in [6.45, 7) is 4.36. The van der Waals surface area contributed by atoms with Crippen molar-refractivity contribution >= 4 is 39.9 Å². The van der Waals surface area contributed by atoms with Gasteiger partial charge in [-0.25, -0.2) is 0 Å². The third kappa shape index (κ3) is 8.40. The van der Waals surface area contributed by atoms with E-state index in [-0.39, 0.29) is 11.5 Å². The van der Waals surface area contributed by atoms with Crippen LogP contribution in [0.3, 0.4) is 0 Å². The second-order valence-corrected chi connectivity index (χ2v) is 14.3. The molecule has 0 aromatic heterocycles. The van der Waals surface area contributed by atoms with Gasteiger partial charge in [-0.15, -0.1) is 0 Å². The van der Waals surface area contributed by atoms with Gasteiger partial charge >= 0.3 is 0 Å². The van der Waals surface area contributed by atoms with Gasteiger partial charge in [0.2, 0.25) is 0 Å². The fourth-order valence-corrected chi connectivity index (χ4v) is 7.10.